The van der Waals surface area contributed by atoms with Crippen molar-refractivity contribution < 1.29 is 4.39 Å². The summed E-state index contributed by atoms with van der Waals surface area (Å²) in [4.78, 5) is 2.56. The topological polar surface area (TPSA) is 12.0 Å². The van der Waals surface area contributed by atoms with Crippen LogP contribution in [-0.4, -0.2) is 7.05 Å². The molecule has 1 aromatic heterocycles. The van der Waals surface area contributed by atoms with Crippen molar-refractivity contribution in [3.05, 3.63) is 57.0 Å². The van der Waals surface area contributed by atoms with Crippen LogP contribution in [0.25, 0.3) is 0 Å². The van der Waals surface area contributed by atoms with Gasteiger partial charge in [0.25, 0.3) is 0 Å². The van der Waals surface area contributed by atoms with Crippen molar-refractivity contribution in [2.45, 2.75) is 19.9 Å². The number of thiophene rings is 1. The van der Waals surface area contributed by atoms with Crippen molar-refractivity contribution in [3.63, 3.8) is 0 Å². The Labute approximate surface area is 105 Å². The second-order valence-electron chi connectivity index (χ2n) is 4.17. The molecule has 0 amide bonds. The van der Waals surface area contributed by atoms with Crippen LogP contribution in [0.5, 0.6) is 0 Å². The molecule has 2 aromatic rings. The highest BCUT2D eigenvalue weighted by atomic mass is 32.1. The molecular formula is C14H16FNS. The first kappa shape index (κ1) is 12.3. The van der Waals surface area contributed by atoms with Gasteiger partial charge in [0.2, 0.25) is 0 Å². The molecule has 2 rings (SSSR count). The first-order valence-electron chi connectivity index (χ1n) is 5.61. The van der Waals surface area contributed by atoms with Crippen molar-refractivity contribution in [2.24, 2.45) is 0 Å². The molecule has 1 unspecified atom stereocenters. The zero-order chi connectivity index (χ0) is 12.4. The molecule has 0 saturated carbocycles. The lowest BCUT2D eigenvalue weighted by molar-refractivity contribution is 0.622. The van der Waals surface area contributed by atoms with E-state index in [1.165, 1.54) is 15.8 Å². The summed E-state index contributed by atoms with van der Waals surface area (Å²) in [6, 6.07) is 9.36. The van der Waals surface area contributed by atoms with Crippen molar-refractivity contribution in [1.29, 1.82) is 0 Å². The van der Waals surface area contributed by atoms with Crippen LogP contribution < -0.4 is 5.32 Å². The van der Waals surface area contributed by atoms with Gasteiger partial charge in [-0.05, 0) is 56.3 Å². The molecule has 1 atom stereocenters. The van der Waals surface area contributed by atoms with Gasteiger partial charge in [-0.2, -0.15) is 0 Å². The van der Waals surface area contributed by atoms with Crippen LogP contribution in [0.15, 0.2) is 30.3 Å². The Morgan fingerprint density at radius 1 is 1.18 bits per heavy atom. The average Bonchev–Trinajstić information content (AvgIpc) is 2.69. The third-order valence-corrected chi connectivity index (χ3v) is 3.94. The zero-order valence-electron chi connectivity index (χ0n) is 10.3. The lowest BCUT2D eigenvalue weighted by Crippen LogP contribution is -2.17. The zero-order valence-corrected chi connectivity index (χ0v) is 11.1. The van der Waals surface area contributed by atoms with E-state index < -0.39 is 0 Å². The van der Waals surface area contributed by atoms with E-state index in [9.17, 15) is 4.39 Å². The molecule has 1 aromatic carbocycles. The molecule has 0 saturated heterocycles. The van der Waals surface area contributed by atoms with Crippen LogP contribution in [0.1, 0.15) is 26.9 Å². The Morgan fingerprint density at radius 2 is 1.94 bits per heavy atom. The standard InChI is InChI=1S/C14H16FNS/c1-9-8-11(15)5-6-12(9)14(16-3)13-7-4-10(2)17-13/h4-8,14,16H,1-3H3. The Hall–Kier alpha value is -1.19. The lowest BCUT2D eigenvalue weighted by Gasteiger charge is -2.17. The quantitative estimate of drug-likeness (QED) is 0.872. The van der Waals surface area contributed by atoms with Crippen molar-refractivity contribution in [3.8, 4) is 0 Å². The van der Waals surface area contributed by atoms with Crippen LogP contribution in [0.4, 0.5) is 4.39 Å². The number of benzene rings is 1. The molecule has 0 spiro atoms. The predicted molar refractivity (Wildman–Crippen MR) is 71.1 cm³/mol. The molecule has 1 nitrogen and oxygen atoms in total. The van der Waals surface area contributed by atoms with Gasteiger partial charge in [0.05, 0.1) is 6.04 Å². The molecule has 0 aliphatic carbocycles. The van der Waals surface area contributed by atoms with Gasteiger partial charge in [-0.25, -0.2) is 4.39 Å². The monoisotopic (exact) mass is 249 g/mol. The molecular weight excluding hydrogens is 233 g/mol. The third-order valence-electron chi connectivity index (χ3n) is 2.88. The summed E-state index contributed by atoms with van der Waals surface area (Å²) >= 11 is 1.77. The summed E-state index contributed by atoms with van der Waals surface area (Å²) in [5, 5.41) is 3.30. The highest BCUT2D eigenvalue weighted by molar-refractivity contribution is 7.12. The van der Waals surface area contributed by atoms with Crippen LogP contribution in [0, 0.1) is 19.7 Å². The third kappa shape index (κ3) is 2.56. The lowest BCUT2D eigenvalue weighted by atomic mass is 10.00. The van der Waals surface area contributed by atoms with Crippen LogP contribution >= 0.6 is 11.3 Å². The molecule has 0 aliphatic rings. The fraction of sp³-hybridized carbons (Fsp3) is 0.286. The normalized spacial score (nSPS) is 12.7. The minimum Gasteiger partial charge on any atom is -0.309 e. The number of hydrogen-bond acceptors (Lipinski definition) is 2. The average molecular weight is 249 g/mol. The molecule has 0 aliphatic heterocycles. The van der Waals surface area contributed by atoms with Crippen LogP contribution in [0.2, 0.25) is 0 Å². The van der Waals surface area contributed by atoms with E-state index in [0.29, 0.717) is 0 Å². The molecule has 0 fully saturated rings. The van der Waals surface area contributed by atoms with E-state index in [0.717, 1.165) is 11.1 Å². The van der Waals surface area contributed by atoms with E-state index in [-0.39, 0.29) is 11.9 Å². The summed E-state index contributed by atoms with van der Waals surface area (Å²) in [5.74, 6) is -0.177. The molecule has 0 radical (unpaired) electrons. The van der Waals surface area contributed by atoms with E-state index in [4.69, 9.17) is 0 Å². The maximum atomic E-state index is 13.1. The highest BCUT2D eigenvalue weighted by Crippen LogP contribution is 2.29. The highest BCUT2D eigenvalue weighted by Gasteiger charge is 2.15. The fourth-order valence-electron chi connectivity index (χ4n) is 2.02. The summed E-state index contributed by atoms with van der Waals surface area (Å²) in [7, 11) is 1.93. The summed E-state index contributed by atoms with van der Waals surface area (Å²) < 4.78 is 13.1. The van der Waals surface area contributed by atoms with Crippen LogP contribution in [0.3, 0.4) is 0 Å². The van der Waals surface area contributed by atoms with Gasteiger partial charge < -0.3 is 5.32 Å². The summed E-state index contributed by atoms with van der Waals surface area (Å²) in [5.41, 5.74) is 2.12. The summed E-state index contributed by atoms with van der Waals surface area (Å²) in [6.07, 6.45) is 0. The molecule has 90 valence electrons. The minimum absolute atomic E-state index is 0.147. The van der Waals surface area contributed by atoms with Gasteiger partial charge in [0.15, 0.2) is 0 Å². The largest absolute Gasteiger partial charge is 0.309 e. The van der Waals surface area contributed by atoms with E-state index in [1.807, 2.05) is 20.0 Å². The Bertz CT molecular complexity index is 519. The number of halogens is 1. The minimum atomic E-state index is -0.177. The SMILES string of the molecule is CNC(c1ccc(C)s1)c1ccc(F)cc1C. The molecule has 1 N–H and O–H groups in total. The number of aryl methyl sites for hydroxylation is 2. The Balaban J connectivity index is 2.42. The smallest absolute Gasteiger partial charge is 0.123 e. The van der Waals surface area contributed by atoms with Crippen LogP contribution in [-0.2, 0) is 0 Å². The predicted octanol–water partition coefficient (Wildman–Crippen LogP) is 3.81. The fourth-order valence-corrected chi connectivity index (χ4v) is 3.03. The van der Waals surface area contributed by atoms with Crippen molar-refractivity contribution in [1.82, 2.24) is 5.32 Å². The number of nitrogens with one attached hydrogen (secondary N) is 1. The maximum absolute atomic E-state index is 13.1. The molecule has 0 bridgehead atoms. The van der Waals surface area contributed by atoms with Gasteiger partial charge in [-0.15, -0.1) is 11.3 Å². The summed E-state index contributed by atoms with van der Waals surface area (Å²) in [6.45, 7) is 4.04. The molecule has 1 heterocycles. The van der Waals surface area contributed by atoms with E-state index in [1.54, 1.807) is 17.4 Å². The van der Waals surface area contributed by atoms with Gasteiger partial charge in [-0.3, -0.25) is 0 Å². The second-order valence-corrected chi connectivity index (χ2v) is 5.49. The Morgan fingerprint density at radius 3 is 2.47 bits per heavy atom. The second kappa shape index (κ2) is 4.98. The first-order valence-corrected chi connectivity index (χ1v) is 6.43. The number of hydrogen-bond donors (Lipinski definition) is 1. The van der Waals surface area contributed by atoms with Gasteiger partial charge in [0.1, 0.15) is 5.82 Å². The van der Waals surface area contributed by atoms with Gasteiger partial charge in [0, 0.05) is 9.75 Å². The molecule has 3 heteroatoms. The van der Waals surface area contributed by atoms with Crippen molar-refractivity contribution in [2.75, 3.05) is 7.05 Å². The first-order chi connectivity index (χ1) is 8.11. The van der Waals surface area contributed by atoms with E-state index >= 15 is 0 Å². The number of rotatable bonds is 3. The van der Waals surface area contributed by atoms with Gasteiger partial charge in [-0.1, -0.05) is 6.07 Å². The molecule has 17 heavy (non-hydrogen) atoms. The van der Waals surface area contributed by atoms with Crippen molar-refractivity contribution >= 4 is 11.3 Å². The van der Waals surface area contributed by atoms with Gasteiger partial charge >= 0.3 is 0 Å². The maximum Gasteiger partial charge on any atom is 0.123 e. The van der Waals surface area contributed by atoms with E-state index in [2.05, 4.69) is 24.4 Å². The Kier molecular flexibility index (Phi) is 3.60.